The molecule has 28 heavy (non-hydrogen) atoms. The number of fused-ring (bicyclic) bond motifs is 1. The summed E-state index contributed by atoms with van der Waals surface area (Å²) >= 11 is 0.798. The Morgan fingerprint density at radius 2 is 2.07 bits per heavy atom. The van der Waals surface area contributed by atoms with Crippen LogP contribution in [0.5, 0.6) is 0 Å². The minimum absolute atomic E-state index is 0.00385. The molecular weight excluding hydrogens is 421 g/mol. The second-order valence-corrected chi connectivity index (χ2v) is 8.50. The van der Waals surface area contributed by atoms with E-state index >= 15 is 0 Å². The van der Waals surface area contributed by atoms with Gasteiger partial charge < -0.3 is 9.52 Å². The molecule has 3 rings (SSSR count). The number of benzene rings is 1. The van der Waals surface area contributed by atoms with Crippen molar-refractivity contribution in [1.29, 1.82) is 0 Å². The third-order valence-corrected chi connectivity index (χ3v) is 6.25. The number of halogens is 3. The average molecular weight is 434 g/mol. The number of aryl methyl sites for hydroxylation is 1. The lowest BCUT2D eigenvalue weighted by Gasteiger charge is -2.06. The lowest BCUT2D eigenvalue weighted by molar-refractivity contribution is -0.140. The predicted molar refractivity (Wildman–Crippen MR) is 93.9 cm³/mol. The Morgan fingerprint density at radius 1 is 1.36 bits per heavy atom. The molecule has 1 aromatic carbocycles. The normalized spacial score (nSPS) is 12.6. The Balaban J connectivity index is 1.75. The maximum absolute atomic E-state index is 12.5. The fourth-order valence-electron chi connectivity index (χ4n) is 2.50. The van der Waals surface area contributed by atoms with Crippen LogP contribution < -0.4 is 4.72 Å². The molecule has 0 saturated carbocycles. The molecule has 0 amide bonds. The molecule has 150 valence electrons. The van der Waals surface area contributed by atoms with E-state index in [1.807, 2.05) is 0 Å². The summed E-state index contributed by atoms with van der Waals surface area (Å²) in [6.45, 7) is 1.36. The molecular formula is C16H13F3N2O5S2. The van der Waals surface area contributed by atoms with Gasteiger partial charge in [-0.2, -0.15) is 13.2 Å². The van der Waals surface area contributed by atoms with Gasteiger partial charge in [0.2, 0.25) is 15.8 Å². The first-order chi connectivity index (χ1) is 13.0. The van der Waals surface area contributed by atoms with Crippen LogP contribution in [0.25, 0.3) is 11.0 Å². The lowest BCUT2D eigenvalue weighted by atomic mass is 10.1. The summed E-state index contributed by atoms with van der Waals surface area (Å²) in [5, 5.41) is 10.4. The molecule has 0 atom stereocenters. The van der Waals surface area contributed by atoms with E-state index < -0.39 is 27.9 Å². The van der Waals surface area contributed by atoms with Gasteiger partial charge in [-0.1, -0.05) is 0 Å². The molecule has 0 spiro atoms. The Kier molecular flexibility index (Phi) is 5.21. The van der Waals surface area contributed by atoms with Crippen molar-refractivity contribution in [1.82, 2.24) is 9.71 Å². The highest BCUT2D eigenvalue weighted by atomic mass is 32.2. The number of rotatable bonds is 6. The third kappa shape index (κ3) is 4.03. The monoisotopic (exact) mass is 434 g/mol. The predicted octanol–water partition coefficient (Wildman–Crippen LogP) is 3.44. The van der Waals surface area contributed by atoms with E-state index in [1.165, 1.54) is 25.1 Å². The number of aromatic carboxylic acids is 1. The summed E-state index contributed by atoms with van der Waals surface area (Å²) in [5.41, 5.74) is -0.483. The van der Waals surface area contributed by atoms with E-state index in [0.717, 1.165) is 16.7 Å². The molecule has 3 aromatic rings. The maximum atomic E-state index is 12.5. The van der Waals surface area contributed by atoms with E-state index in [1.54, 1.807) is 0 Å². The van der Waals surface area contributed by atoms with E-state index in [9.17, 15) is 26.4 Å². The number of furan rings is 1. The van der Waals surface area contributed by atoms with E-state index in [0.29, 0.717) is 10.9 Å². The molecule has 7 nitrogen and oxygen atoms in total. The highest BCUT2D eigenvalue weighted by Gasteiger charge is 2.33. The van der Waals surface area contributed by atoms with Crippen molar-refractivity contribution in [2.45, 2.75) is 24.4 Å². The van der Waals surface area contributed by atoms with Crippen LogP contribution in [0.4, 0.5) is 13.2 Å². The SMILES string of the molecule is Cc1c(C(=O)O)oc2ccc(S(=O)(=O)NCCc3nc(C(F)(F)F)cs3)cc12. The van der Waals surface area contributed by atoms with Gasteiger partial charge in [-0.25, -0.2) is 22.9 Å². The summed E-state index contributed by atoms with van der Waals surface area (Å²) in [6.07, 6.45) is -4.54. The second-order valence-electron chi connectivity index (χ2n) is 5.79. The largest absolute Gasteiger partial charge is 0.475 e. The zero-order chi connectivity index (χ0) is 20.7. The fraction of sp³-hybridized carbons (Fsp3) is 0.250. The smallest absolute Gasteiger partial charge is 0.434 e. The summed E-state index contributed by atoms with van der Waals surface area (Å²) in [6, 6.07) is 3.89. The molecule has 0 bridgehead atoms. The number of carboxylic acids is 1. The van der Waals surface area contributed by atoms with Crippen LogP contribution in [0.1, 0.15) is 26.8 Å². The highest BCUT2D eigenvalue weighted by molar-refractivity contribution is 7.89. The molecule has 12 heteroatoms. The summed E-state index contributed by atoms with van der Waals surface area (Å²) in [5.74, 6) is -1.54. The zero-order valence-electron chi connectivity index (χ0n) is 14.2. The van der Waals surface area contributed by atoms with Crippen molar-refractivity contribution in [2.75, 3.05) is 6.54 Å². The molecule has 0 aliphatic heterocycles. The Bertz CT molecular complexity index is 1150. The first kappa shape index (κ1) is 20.3. The van der Waals surface area contributed by atoms with Crippen molar-refractivity contribution < 1.29 is 35.9 Å². The van der Waals surface area contributed by atoms with Gasteiger partial charge in [0, 0.05) is 29.3 Å². The number of nitrogens with one attached hydrogen (secondary N) is 1. The Morgan fingerprint density at radius 3 is 2.68 bits per heavy atom. The minimum Gasteiger partial charge on any atom is -0.475 e. The van der Waals surface area contributed by atoms with Gasteiger partial charge in [0.1, 0.15) is 5.58 Å². The van der Waals surface area contributed by atoms with Crippen LogP contribution in [0.3, 0.4) is 0 Å². The van der Waals surface area contributed by atoms with Crippen LogP contribution >= 0.6 is 11.3 Å². The number of carboxylic acid groups (broad SMARTS) is 1. The topological polar surface area (TPSA) is 109 Å². The molecule has 0 aliphatic rings. The van der Waals surface area contributed by atoms with E-state index in [-0.39, 0.29) is 34.2 Å². The van der Waals surface area contributed by atoms with E-state index in [2.05, 4.69) is 9.71 Å². The molecule has 0 saturated heterocycles. The van der Waals surface area contributed by atoms with Crippen LogP contribution in [-0.4, -0.2) is 31.0 Å². The fourth-order valence-corrected chi connectivity index (χ4v) is 4.37. The third-order valence-electron chi connectivity index (χ3n) is 3.89. The number of thiazole rings is 1. The Labute approximate surface area is 160 Å². The minimum atomic E-state index is -4.54. The van der Waals surface area contributed by atoms with Crippen molar-refractivity contribution in [3.63, 3.8) is 0 Å². The number of alkyl halides is 3. The molecule has 0 radical (unpaired) electrons. The van der Waals surface area contributed by atoms with E-state index in [4.69, 9.17) is 9.52 Å². The van der Waals surface area contributed by atoms with Crippen LogP contribution in [0.2, 0.25) is 0 Å². The number of hydrogen-bond donors (Lipinski definition) is 2. The highest BCUT2D eigenvalue weighted by Crippen LogP contribution is 2.30. The standard InChI is InChI=1S/C16H13F3N2O5S2/c1-8-10-6-9(2-3-11(10)26-14(8)15(22)23)28(24,25)20-5-4-13-21-12(7-27-13)16(17,18)19/h2-3,6-7,20H,4-5H2,1H3,(H,22,23). The summed E-state index contributed by atoms with van der Waals surface area (Å²) < 4.78 is 69.9. The van der Waals surface area contributed by atoms with Gasteiger partial charge in [-0.15, -0.1) is 11.3 Å². The number of carbonyl (C=O) groups is 1. The molecule has 0 aliphatic carbocycles. The van der Waals surface area contributed by atoms with Crippen LogP contribution in [0, 0.1) is 6.92 Å². The van der Waals surface area contributed by atoms with Crippen molar-refractivity contribution in [3.05, 3.63) is 45.6 Å². The number of nitrogens with zero attached hydrogens (tertiary/aromatic N) is 1. The van der Waals surface area contributed by atoms with Crippen LogP contribution in [-0.2, 0) is 22.6 Å². The molecule has 2 aromatic heterocycles. The molecule has 2 heterocycles. The van der Waals surface area contributed by atoms with Gasteiger partial charge in [0.05, 0.1) is 9.90 Å². The molecule has 0 fully saturated rings. The average Bonchev–Trinajstić information content (AvgIpc) is 3.19. The summed E-state index contributed by atoms with van der Waals surface area (Å²) in [7, 11) is -3.96. The molecule has 0 unspecified atom stereocenters. The second kappa shape index (κ2) is 7.18. The number of hydrogen-bond acceptors (Lipinski definition) is 6. The van der Waals surface area contributed by atoms with Gasteiger partial charge in [0.15, 0.2) is 5.69 Å². The maximum Gasteiger partial charge on any atom is 0.434 e. The van der Waals surface area contributed by atoms with Crippen LogP contribution in [0.15, 0.2) is 32.9 Å². The van der Waals surface area contributed by atoms with Crippen molar-refractivity contribution >= 4 is 38.3 Å². The first-order valence-corrected chi connectivity index (χ1v) is 10.1. The van der Waals surface area contributed by atoms with Crippen molar-refractivity contribution in [2.24, 2.45) is 0 Å². The number of aromatic nitrogens is 1. The van der Waals surface area contributed by atoms with Gasteiger partial charge in [0.25, 0.3) is 0 Å². The summed E-state index contributed by atoms with van der Waals surface area (Å²) in [4.78, 5) is 14.4. The van der Waals surface area contributed by atoms with Gasteiger partial charge in [-0.05, 0) is 25.1 Å². The number of sulfonamides is 1. The first-order valence-electron chi connectivity index (χ1n) is 7.77. The van der Waals surface area contributed by atoms with Gasteiger partial charge >= 0.3 is 12.1 Å². The Hall–Kier alpha value is -2.44. The zero-order valence-corrected chi connectivity index (χ0v) is 15.8. The van der Waals surface area contributed by atoms with Gasteiger partial charge in [-0.3, -0.25) is 0 Å². The lowest BCUT2D eigenvalue weighted by Crippen LogP contribution is -2.26. The quantitative estimate of drug-likeness (QED) is 0.615. The van der Waals surface area contributed by atoms with Crippen molar-refractivity contribution in [3.8, 4) is 0 Å². The molecule has 2 N–H and O–H groups in total.